The summed E-state index contributed by atoms with van der Waals surface area (Å²) in [5, 5.41) is 5.69. The molecule has 1 fully saturated rings. The van der Waals surface area contributed by atoms with E-state index in [9.17, 15) is 18.8 Å². The number of anilines is 1. The van der Waals surface area contributed by atoms with Crippen molar-refractivity contribution < 1.29 is 18.8 Å². The van der Waals surface area contributed by atoms with Gasteiger partial charge in [0.25, 0.3) is 5.91 Å². The van der Waals surface area contributed by atoms with E-state index in [0.717, 1.165) is 36.2 Å². The second-order valence-corrected chi connectivity index (χ2v) is 8.13. The zero-order chi connectivity index (χ0) is 23.6. The van der Waals surface area contributed by atoms with Crippen LogP contribution in [0.5, 0.6) is 0 Å². The normalized spacial score (nSPS) is 17.5. The van der Waals surface area contributed by atoms with Crippen molar-refractivity contribution in [1.82, 2.24) is 15.1 Å². The van der Waals surface area contributed by atoms with Crippen molar-refractivity contribution in [2.75, 3.05) is 38.0 Å². The van der Waals surface area contributed by atoms with Gasteiger partial charge in [-0.3, -0.25) is 14.4 Å². The highest BCUT2D eigenvalue weighted by Gasteiger charge is 2.34. The topological polar surface area (TPSA) is 81.8 Å². The van der Waals surface area contributed by atoms with Crippen molar-refractivity contribution in [1.29, 1.82) is 0 Å². The summed E-state index contributed by atoms with van der Waals surface area (Å²) in [6, 6.07) is 5.30. The largest absolute Gasteiger partial charge is 0.385 e. The number of benzene rings is 1. The molecular formula is C25H31FN4O3. The molecule has 3 amide bonds. The maximum Gasteiger partial charge on any atom is 0.265 e. The first-order chi connectivity index (χ1) is 16.0. The fourth-order valence-corrected chi connectivity index (χ4v) is 4.17. The Morgan fingerprint density at radius 2 is 1.97 bits per heavy atom. The fourth-order valence-electron chi connectivity index (χ4n) is 4.17. The van der Waals surface area contributed by atoms with Crippen LogP contribution in [-0.4, -0.2) is 60.7 Å². The minimum atomic E-state index is -0.790. The van der Waals surface area contributed by atoms with Crippen LogP contribution in [0.2, 0.25) is 0 Å². The standard InChI is InChI=1S/C25H31FN4O3/c1-2-7-23(22(26)10-12-27-18-31)30-24(32)17-19-16-20(8-9-21(19)25(30)33)28-11-6-15-29-13-4-3-5-14-29/h2,7-10,16,18,28H,1,3-6,11-15,17H2,(H,27,31)/b22-10+,23-7+. The van der Waals surface area contributed by atoms with Crippen LogP contribution in [0.4, 0.5) is 10.1 Å². The number of allylic oxidation sites excluding steroid dienone is 3. The van der Waals surface area contributed by atoms with Crippen molar-refractivity contribution in [3.8, 4) is 0 Å². The molecule has 0 unspecified atom stereocenters. The Bertz CT molecular complexity index is 951. The van der Waals surface area contributed by atoms with E-state index in [-0.39, 0.29) is 18.7 Å². The number of halogens is 1. The van der Waals surface area contributed by atoms with E-state index in [1.165, 1.54) is 44.5 Å². The monoisotopic (exact) mass is 454 g/mol. The molecule has 1 saturated heterocycles. The van der Waals surface area contributed by atoms with Crippen LogP contribution in [0.3, 0.4) is 0 Å². The number of rotatable bonds is 11. The fraction of sp³-hybridized carbons (Fsp3) is 0.400. The van der Waals surface area contributed by atoms with Gasteiger partial charge >= 0.3 is 0 Å². The number of carbonyl (C=O) groups excluding carboxylic acids is 3. The van der Waals surface area contributed by atoms with Crippen molar-refractivity contribution in [3.05, 3.63) is 65.7 Å². The second kappa shape index (κ2) is 12.1. The molecule has 0 atom stereocenters. The average Bonchev–Trinajstić information content (AvgIpc) is 2.82. The summed E-state index contributed by atoms with van der Waals surface area (Å²) in [6.45, 7) is 7.69. The van der Waals surface area contributed by atoms with E-state index in [1.807, 2.05) is 12.1 Å². The average molecular weight is 455 g/mol. The molecule has 2 heterocycles. The minimum Gasteiger partial charge on any atom is -0.385 e. The number of nitrogens with zero attached hydrogens (tertiary/aromatic N) is 2. The SMILES string of the molecule is C=C/C=C(\C(F)=C/CNC=O)N1C(=O)Cc2cc(NCCCN3CCCCC3)ccc2C1=O. The van der Waals surface area contributed by atoms with Gasteiger partial charge in [0.15, 0.2) is 0 Å². The molecule has 0 spiro atoms. The number of piperidine rings is 1. The molecule has 3 rings (SSSR count). The molecule has 1 aromatic rings. The molecule has 0 aromatic heterocycles. The summed E-state index contributed by atoms with van der Waals surface area (Å²) in [5.41, 5.74) is 1.64. The number of nitrogens with one attached hydrogen (secondary N) is 2. The molecule has 0 bridgehead atoms. The molecule has 33 heavy (non-hydrogen) atoms. The van der Waals surface area contributed by atoms with Gasteiger partial charge < -0.3 is 15.5 Å². The number of fused-ring (bicyclic) bond motifs is 1. The molecule has 0 saturated carbocycles. The Labute approximate surface area is 194 Å². The molecule has 2 aliphatic heterocycles. The van der Waals surface area contributed by atoms with Crippen LogP contribution in [0.25, 0.3) is 0 Å². The zero-order valence-corrected chi connectivity index (χ0v) is 18.8. The number of amides is 3. The van der Waals surface area contributed by atoms with E-state index < -0.39 is 17.6 Å². The maximum atomic E-state index is 14.7. The predicted molar refractivity (Wildman–Crippen MR) is 126 cm³/mol. The van der Waals surface area contributed by atoms with E-state index >= 15 is 0 Å². The van der Waals surface area contributed by atoms with Gasteiger partial charge in [0.1, 0.15) is 5.83 Å². The lowest BCUT2D eigenvalue weighted by molar-refractivity contribution is -0.126. The lowest BCUT2D eigenvalue weighted by Gasteiger charge is -2.28. The number of carbonyl (C=O) groups is 3. The highest BCUT2D eigenvalue weighted by Crippen LogP contribution is 2.28. The molecule has 8 heteroatoms. The summed E-state index contributed by atoms with van der Waals surface area (Å²) < 4.78 is 14.7. The van der Waals surface area contributed by atoms with Crippen molar-refractivity contribution >= 4 is 23.9 Å². The van der Waals surface area contributed by atoms with Crippen LogP contribution >= 0.6 is 0 Å². The van der Waals surface area contributed by atoms with Gasteiger partial charge in [-0.1, -0.05) is 19.1 Å². The Morgan fingerprint density at radius 3 is 2.70 bits per heavy atom. The molecule has 1 aromatic carbocycles. The van der Waals surface area contributed by atoms with Crippen LogP contribution in [0.15, 0.2) is 54.5 Å². The van der Waals surface area contributed by atoms with Crippen molar-refractivity contribution in [2.45, 2.75) is 32.1 Å². The van der Waals surface area contributed by atoms with Crippen LogP contribution in [0, 0.1) is 0 Å². The summed E-state index contributed by atoms with van der Waals surface area (Å²) in [6.07, 6.45) is 8.98. The molecular weight excluding hydrogens is 423 g/mol. The third-order valence-corrected chi connectivity index (χ3v) is 5.80. The Hall–Kier alpha value is -3.26. The van der Waals surface area contributed by atoms with E-state index in [1.54, 1.807) is 6.07 Å². The van der Waals surface area contributed by atoms with Crippen molar-refractivity contribution in [2.24, 2.45) is 0 Å². The second-order valence-electron chi connectivity index (χ2n) is 8.13. The first-order valence-corrected chi connectivity index (χ1v) is 11.4. The summed E-state index contributed by atoms with van der Waals surface area (Å²) >= 11 is 0. The first-order valence-electron chi connectivity index (χ1n) is 11.4. The van der Waals surface area contributed by atoms with Gasteiger partial charge in [-0.05, 0) is 74.8 Å². The van der Waals surface area contributed by atoms with Gasteiger partial charge in [0.05, 0.1) is 12.1 Å². The lowest BCUT2D eigenvalue weighted by atomic mass is 9.97. The smallest absolute Gasteiger partial charge is 0.265 e. The van der Waals surface area contributed by atoms with Crippen LogP contribution in [0.1, 0.15) is 41.6 Å². The third-order valence-electron chi connectivity index (χ3n) is 5.80. The first kappa shape index (κ1) is 24.4. The molecule has 0 aliphatic carbocycles. The van der Waals surface area contributed by atoms with Gasteiger partial charge in [-0.2, -0.15) is 0 Å². The number of likely N-dealkylation sites (tertiary alicyclic amines) is 1. The predicted octanol–water partition coefficient (Wildman–Crippen LogP) is 3.17. The van der Waals surface area contributed by atoms with Crippen molar-refractivity contribution in [3.63, 3.8) is 0 Å². The quantitative estimate of drug-likeness (QED) is 0.232. The minimum absolute atomic E-state index is 0.0152. The Kier molecular flexibility index (Phi) is 8.95. The third kappa shape index (κ3) is 6.38. The van der Waals surface area contributed by atoms with E-state index in [0.29, 0.717) is 17.5 Å². The number of imide groups is 1. The maximum absolute atomic E-state index is 14.7. The van der Waals surface area contributed by atoms with Gasteiger partial charge in [-0.25, -0.2) is 9.29 Å². The molecule has 2 N–H and O–H groups in total. The molecule has 7 nitrogen and oxygen atoms in total. The summed E-state index contributed by atoms with van der Waals surface area (Å²) in [4.78, 5) is 39.6. The molecule has 0 radical (unpaired) electrons. The highest BCUT2D eigenvalue weighted by molar-refractivity contribution is 6.11. The van der Waals surface area contributed by atoms with E-state index in [4.69, 9.17) is 0 Å². The highest BCUT2D eigenvalue weighted by atomic mass is 19.1. The summed E-state index contributed by atoms with van der Waals surface area (Å²) in [7, 11) is 0. The molecule has 176 valence electrons. The van der Waals surface area contributed by atoms with Gasteiger partial charge in [-0.15, -0.1) is 0 Å². The Balaban J connectivity index is 1.67. The van der Waals surface area contributed by atoms with Gasteiger partial charge in [0.2, 0.25) is 12.3 Å². The summed E-state index contributed by atoms with van der Waals surface area (Å²) in [5.74, 6) is -1.89. The van der Waals surface area contributed by atoms with Crippen LogP contribution in [-0.2, 0) is 16.0 Å². The molecule has 2 aliphatic rings. The lowest BCUT2D eigenvalue weighted by Crippen LogP contribution is -2.42. The Morgan fingerprint density at radius 1 is 1.18 bits per heavy atom. The number of hydrogen-bond acceptors (Lipinski definition) is 5. The number of hydrogen-bond donors (Lipinski definition) is 2. The van der Waals surface area contributed by atoms with Crippen LogP contribution < -0.4 is 10.6 Å². The van der Waals surface area contributed by atoms with E-state index in [2.05, 4.69) is 22.1 Å². The van der Waals surface area contributed by atoms with Gasteiger partial charge in [0, 0.05) is 24.3 Å². The zero-order valence-electron chi connectivity index (χ0n) is 18.8.